The van der Waals surface area contributed by atoms with Crippen LogP contribution in [0, 0.1) is 5.95 Å². The van der Waals surface area contributed by atoms with Crippen molar-refractivity contribution in [3.05, 3.63) is 29.7 Å². The standard InChI is InChI=1S/C8H4F2N2O2/c9-7-5-3-4(8(13)14)1-2-6(5)12(10)11-7/h1-3H,(H,13,14). The largest absolute Gasteiger partial charge is 0.478 e. The first-order chi connectivity index (χ1) is 6.59. The van der Waals surface area contributed by atoms with E-state index in [0.29, 0.717) is 0 Å². The summed E-state index contributed by atoms with van der Waals surface area (Å²) in [4.78, 5) is 10.4. The number of aromatic nitrogens is 2. The Labute approximate surface area is 76.3 Å². The molecule has 0 spiro atoms. The molecule has 4 nitrogen and oxygen atoms in total. The molecule has 0 aliphatic carbocycles. The van der Waals surface area contributed by atoms with Crippen LogP contribution in [-0.4, -0.2) is 21.1 Å². The molecule has 0 saturated heterocycles. The molecule has 72 valence electrons. The average molecular weight is 198 g/mol. The summed E-state index contributed by atoms with van der Waals surface area (Å²) in [5.41, 5.74) is -0.197. The second-order valence-corrected chi connectivity index (χ2v) is 2.69. The first kappa shape index (κ1) is 8.61. The van der Waals surface area contributed by atoms with Gasteiger partial charge in [0, 0.05) is 0 Å². The van der Waals surface area contributed by atoms with Gasteiger partial charge < -0.3 is 5.11 Å². The van der Waals surface area contributed by atoms with Gasteiger partial charge in [0.25, 0.3) is 0 Å². The molecule has 0 unspecified atom stereocenters. The number of carboxylic acid groups (broad SMARTS) is 1. The smallest absolute Gasteiger partial charge is 0.335 e. The van der Waals surface area contributed by atoms with Crippen molar-refractivity contribution in [2.45, 2.75) is 0 Å². The van der Waals surface area contributed by atoms with Crippen molar-refractivity contribution in [3.63, 3.8) is 0 Å². The number of hydrogen-bond acceptors (Lipinski definition) is 2. The lowest BCUT2D eigenvalue weighted by atomic mass is 10.1. The minimum atomic E-state index is -1.20. The van der Waals surface area contributed by atoms with Crippen LogP contribution in [0.5, 0.6) is 0 Å². The fourth-order valence-electron chi connectivity index (χ4n) is 1.18. The Hall–Kier alpha value is -1.98. The molecule has 1 N–H and O–H groups in total. The lowest BCUT2D eigenvalue weighted by Crippen LogP contribution is -1.95. The number of benzene rings is 1. The lowest BCUT2D eigenvalue weighted by molar-refractivity contribution is 0.0697. The first-order valence-corrected chi connectivity index (χ1v) is 3.67. The molecule has 0 fully saturated rings. The molecule has 6 heteroatoms. The summed E-state index contributed by atoms with van der Waals surface area (Å²) in [5.74, 6) is -2.22. The van der Waals surface area contributed by atoms with Crippen LogP contribution in [-0.2, 0) is 0 Å². The Kier molecular flexibility index (Phi) is 1.70. The van der Waals surface area contributed by atoms with Gasteiger partial charge in [0.1, 0.15) is 5.52 Å². The van der Waals surface area contributed by atoms with Crippen molar-refractivity contribution in [1.29, 1.82) is 0 Å². The van der Waals surface area contributed by atoms with Gasteiger partial charge in [-0.25, -0.2) is 4.79 Å². The predicted molar refractivity (Wildman–Crippen MR) is 43.2 cm³/mol. The van der Waals surface area contributed by atoms with Crippen LogP contribution in [0.15, 0.2) is 18.2 Å². The predicted octanol–water partition coefficient (Wildman–Crippen LogP) is 1.61. The molecule has 0 atom stereocenters. The van der Waals surface area contributed by atoms with Crippen LogP contribution in [0.25, 0.3) is 10.9 Å². The Balaban J connectivity index is 2.77. The van der Waals surface area contributed by atoms with E-state index in [9.17, 15) is 13.7 Å². The van der Waals surface area contributed by atoms with Crippen LogP contribution in [0.2, 0.25) is 0 Å². The molecule has 14 heavy (non-hydrogen) atoms. The maximum atomic E-state index is 12.9. The Bertz CT molecular complexity index is 521. The second-order valence-electron chi connectivity index (χ2n) is 2.69. The number of carbonyl (C=O) groups is 1. The van der Waals surface area contributed by atoms with E-state index < -0.39 is 11.9 Å². The summed E-state index contributed by atoms with van der Waals surface area (Å²) in [7, 11) is 0. The van der Waals surface area contributed by atoms with Gasteiger partial charge in [-0.3, -0.25) is 0 Å². The van der Waals surface area contributed by atoms with Crippen molar-refractivity contribution in [2.75, 3.05) is 0 Å². The summed E-state index contributed by atoms with van der Waals surface area (Å²) in [5, 5.41) is 11.3. The van der Waals surface area contributed by atoms with Crippen LogP contribution < -0.4 is 0 Å². The summed E-state index contributed by atoms with van der Waals surface area (Å²) in [6, 6.07) is 3.38. The summed E-state index contributed by atoms with van der Waals surface area (Å²) in [6.07, 6.45) is 0. The molecular weight excluding hydrogens is 194 g/mol. The number of carboxylic acids is 1. The van der Waals surface area contributed by atoms with Gasteiger partial charge >= 0.3 is 5.97 Å². The van der Waals surface area contributed by atoms with Gasteiger partial charge in [0.15, 0.2) is 0 Å². The minimum Gasteiger partial charge on any atom is -0.478 e. The van der Waals surface area contributed by atoms with Crippen LogP contribution in [0.3, 0.4) is 0 Å². The van der Waals surface area contributed by atoms with Crippen LogP contribution >= 0.6 is 0 Å². The summed E-state index contributed by atoms with van der Waals surface area (Å²) >= 11 is 0. The Morgan fingerprint density at radius 3 is 2.86 bits per heavy atom. The zero-order chi connectivity index (χ0) is 10.3. The van der Waals surface area contributed by atoms with E-state index in [-0.39, 0.29) is 21.4 Å². The topological polar surface area (TPSA) is 55.1 Å². The highest BCUT2D eigenvalue weighted by atomic mass is 19.2. The molecule has 2 rings (SSSR count). The normalized spacial score (nSPS) is 10.7. The third-order valence-corrected chi connectivity index (χ3v) is 1.84. The number of halogens is 2. The summed E-state index contributed by atoms with van der Waals surface area (Å²) in [6.45, 7) is 0. The van der Waals surface area contributed by atoms with E-state index in [0.717, 1.165) is 12.1 Å². The molecule has 0 bridgehead atoms. The van der Waals surface area contributed by atoms with E-state index in [1.807, 2.05) is 0 Å². The van der Waals surface area contributed by atoms with Gasteiger partial charge in [-0.15, -0.1) is 5.10 Å². The highest BCUT2D eigenvalue weighted by Crippen LogP contribution is 2.19. The van der Waals surface area contributed by atoms with Crippen LogP contribution in [0.4, 0.5) is 8.87 Å². The van der Waals surface area contributed by atoms with E-state index in [1.165, 1.54) is 6.07 Å². The third-order valence-electron chi connectivity index (χ3n) is 1.84. The van der Waals surface area contributed by atoms with Crippen molar-refractivity contribution in [3.8, 4) is 0 Å². The molecule has 0 aliphatic rings. The van der Waals surface area contributed by atoms with Crippen LogP contribution in [0.1, 0.15) is 10.4 Å². The molecule has 0 aliphatic heterocycles. The van der Waals surface area contributed by atoms with Crippen molar-refractivity contribution < 1.29 is 18.8 Å². The van der Waals surface area contributed by atoms with Crippen molar-refractivity contribution in [2.24, 2.45) is 0 Å². The van der Waals surface area contributed by atoms with Gasteiger partial charge in [-0.05, 0) is 18.2 Å². The fraction of sp³-hybridized carbons (Fsp3) is 0. The molecule has 0 radical (unpaired) electrons. The maximum Gasteiger partial charge on any atom is 0.335 e. The molecule has 0 saturated carbocycles. The third kappa shape index (κ3) is 1.12. The maximum absolute atomic E-state index is 12.9. The summed E-state index contributed by atoms with van der Waals surface area (Å²) < 4.78 is 25.6. The number of hydrogen-bond donors (Lipinski definition) is 1. The molecule has 0 amide bonds. The van der Waals surface area contributed by atoms with E-state index in [2.05, 4.69) is 5.10 Å². The average Bonchev–Trinajstić information content (AvgIpc) is 2.42. The Morgan fingerprint density at radius 1 is 1.50 bits per heavy atom. The van der Waals surface area contributed by atoms with Gasteiger partial charge in [0.05, 0.1) is 10.9 Å². The zero-order valence-electron chi connectivity index (χ0n) is 6.74. The molecule has 2 aromatic rings. The monoisotopic (exact) mass is 198 g/mol. The molecule has 1 aromatic heterocycles. The van der Waals surface area contributed by atoms with E-state index in [4.69, 9.17) is 5.11 Å². The molecule has 1 aromatic carbocycles. The molecular formula is C8H4F2N2O2. The van der Waals surface area contributed by atoms with Crippen molar-refractivity contribution >= 4 is 16.9 Å². The number of nitrogens with zero attached hydrogens (tertiary/aromatic N) is 2. The van der Waals surface area contributed by atoms with E-state index in [1.54, 1.807) is 0 Å². The number of aromatic carboxylic acids is 1. The first-order valence-electron chi connectivity index (χ1n) is 3.67. The van der Waals surface area contributed by atoms with Gasteiger partial charge in [-0.1, -0.05) is 9.39 Å². The number of fused-ring (bicyclic) bond motifs is 1. The van der Waals surface area contributed by atoms with Crippen molar-refractivity contribution in [1.82, 2.24) is 10.0 Å². The second kappa shape index (κ2) is 2.76. The minimum absolute atomic E-state index is 0.0903. The SMILES string of the molecule is O=C(O)c1ccc2c(c1)c(F)nn2F. The van der Waals surface area contributed by atoms with Gasteiger partial charge in [-0.2, -0.15) is 4.39 Å². The highest BCUT2D eigenvalue weighted by Gasteiger charge is 2.12. The highest BCUT2D eigenvalue weighted by molar-refractivity contribution is 5.93. The zero-order valence-corrected chi connectivity index (χ0v) is 6.74. The van der Waals surface area contributed by atoms with Gasteiger partial charge in [0.2, 0.25) is 5.95 Å². The van der Waals surface area contributed by atoms with E-state index >= 15 is 0 Å². The quantitative estimate of drug-likeness (QED) is 0.757. The Morgan fingerprint density at radius 2 is 2.21 bits per heavy atom. The molecule has 1 heterocycles. The fourth-order valence-corrected chi connectivity index (χ4v) is 1.18. The lowest BCUT2D eigenvalue weighted by Gasteiger charge is -1.93. The number of rotatable bonds is 1.